The molecule has 0 saturated heterocycles. The number of aryl methyl sites for hydroxylation is 1. The molecule has 0 aliphatic heterocycles. The number of carbonyl (C=O) groups is 1. The molecule has 1 atom stereocenters. The van der Waals surface area contributed by atoms with Gasteiger partial charge < -0.3 is 10.4 Å². The molecule has 1 aliphatic carbocycles. The number of anilines is 1. The van der Waals surface area contributed by atoms with Gasteiger partial charge in [-0.15, -0.1) is 0 Å². The van der Waals surface area contributed by atoms with Crippen LogP contribution in [0.15, 0.2) is 6.33 Å². The fraction of sp³-hybridized carbons (Fsp3) is 0.667. The Labute approximate surface area is 119 Å². The molecule has 2 N–H and O–H groups in total. The first-order valence-electron chi connectivity index (χ1n) is 7.39. The van der Waals surface area contributed by atoms with Crippen molar-refractivity contribution in [2.24, 2.45) is 11.8 Å². The Balaban J connectivity index is 2.11. The van der Waals surface area contributed by atoms with Gasteiger partial charge >= 0.3 is 5.97 Å². The lowest BCUT2D eigenvalue weighted by atomic mass is 9.96. The Hall–Kier alpha value is -1.65. The molecule has 5 heteroatoms. The molecule has 0 amide bonds. The van der Waals surface area contributed by atoms with E-state index in [9.17, 15) is 9.90 Å². The average Bonchev–Trinajstić information content (AvgIpc) is 2.63. The van der Waals surface area contributed by atoms with E-state index in [2.05, 4.69) is 15.3 Å². The number of nitrogens with one attached hydrogen (secondary N) is 1. The average molecular weight is 277 g/mol. The molecule has 0 bridgehead atoms. The summed E-state index contributed by atoms with van der Waals surface area (Å²) in [7, 11) is 0. The summed E-state index contributed by atoms with van der Waals surface area (Å²) >= 11 is 0. The number of carboxylic acid groups (broad SMARTS) is 1. The van der Waals surface area contributed by atoms with Gasteiger partial charge in [0.15, 0.2) is 0 Å². The normalized spacial score (nSPS) is 16.4. The van der Waals surface area contributed by atoms with Crippen LogP contribution in [-0.4, -0.2) is 27.6 Å². The molecule has 20 heavy (non-hydrogen) atoms. The van der Waals surface area contributed by atoms with E-state index in [4.69, 9.17) is 0 Å². The lowest BCUT2D eigenvalue weighted by Crippen LogP contribution is -2.28. The third-order valence-corrected chi connectivity index (χ3v) is 3.99. The SMILES string of the molecule is CC(C)C(CNc1ncnc2c1CCCCC2)C(=O)O. The third kappa shape index (κ3) is 3.46. The Kier molecular flexibility index (Phi) is 4.93. The number of rotatable bonds is 5. The topological polar surface area (TPSA) is 75.1 Å². The molecule has 1 aromatic rings. The minimum Gasteiger partial charge on any atom is -0.481 e. The number of hydrogen-bond donors (Lipinski definition) is 2. The van der Waals surface area contributed by atoms with Gasteiger partial charge in [0.25, 0.3) is 0 Å². The van der Waals surface area contributed by atoms with Gasteiger partial charge in [0.1, 0.15) is 12.1 Å². The first-order valence-corrected chi connectivity index (χ1v) is 7.39. The fourth-order valence-electron chi connectivity index (χ4n) is 2.67. The second kappa shape index (κ2) is 6.68. The standard InChI is InChI=1S/C15H23N3O2/c1-10(2)12(15(19)20)8-16-14-11-6-4-3-5-7-13(11)17-9-18-14/h9-10,12H,3-8H2,1-2H3,(H,19,20)(H,16,17,18). The number of aliphatic carboxylic acids is 1. The van der Waals surface area contributed by atoms with E-state index < -0.39 is 11.9 Å². The van der Waals surface area contributed by atoms with E-state index in [0.29, 0.717) is 6.54 Å². The highest BCUT2D eigenvalue weighted by Gasteiger charge is 2.22. The van der Waals surface area contributed by atoms with Crippen LogP contribution >= 0.6 is 0 Å². The van der Waals surface area contributed by atoms with E-state index >= 15 is 0 Å². The van der Waals surface area contributed by atoms with E-state index in [1.54, 1.807) is 6.33 Å². The Morgan fingerprint density at radius 2 is 2.05 bits per heavy atom. The van der Waals surface area contributed by atoms with Gasteiger partial charge in [-0.2, -0.15) is 0 Å². The molecule has 0 spiro atoms. The van der Waals surface area contributed by atoms with Gasteiger partial charge in [-0.05, 0) is 31.6 Å². The maximum Gasteiger partial charge on any atom is 0.308 e. The zero-order chi connectivity index (χ0) is 14.5. The molecule has 5 nitrogen and oxygen atoms in total. The van der Waals surface area contributed by atoms with Crippen molar-refractivity contribution in [2.75, 3.05) is 11.9 Å². The lowest BCUT2D eigenvalue weighted by molar-refractivity contribution is -0.142. The minimum absolute atomic E-state index is 0.0976. The highest BCUT2D eigenvalue weighted by atomic mass is 16.4. The number of carboxylic acids is 1. The van der Waals surface area contributed by atoms with Gasteiger partial charge in [0.2, 0.25) is 0 Å². The van der Waals surface area contributed by atoms with Crippen LogP contribution in [0.5, 0.6) is 0 Å². The summed E-state index contributed by atoms with van der Waals surface area (Å²) in [5.41, 5.74) is 2.30. The summed E-state index contributed by atoms with van der Waals surface area (Å²) < 4.78 is 0. The van der Waals surface area contributed by atoms with Crippen LogP contribution in [0.4, 0.5) is 5.82 Å². The smallest absolute Gasteiger partial charge is 0.308 e. The molecule has 0 saturated carbocycles. The molecular weight excluding hydrogens is 254 g/mol. The summed E-state index contributed by atoms with van der Waals surface area (Å²) in [5, 5.41) is 12.5. The summed E-state index contributed by atoms with van der Waals surface area (Å²) in [6.07, 6.45) is 7.11. The quantitative estimate of drug-likeness (QED) is 0.809. The van der Waals surface area contributed by atoms with Gasteiger partial charge in [-0.1, -0.05) is 20.3 Å². The number of hydrogen-bond acceptors (Lipinski definition) is 4. The summed E-state index contributed by atoms with van der Waals surface area (Å²) in [5.74, 6) is -0.233. The molecule has 0 radical (unpaired) electrons. The lowest BCUT2D eigenvalue weighted by Gasteiger charge is -2.18. The van der Waals surface area contributed by atoms with Gasteiger partial charge in [-0.3, -0.25) is 4.79 Å². The summed E-state index contributed by atoms with van der Waals surface area (Å²) in [4.78, 5) is 19.9. The van der Waals surface area contributed by atoms with Crippen molar-refractivity contribution >= 4 is 11.8 Å². The van der Waals surface area contributed by atoms with Crippen LogP contribution in [0.25, 0.3) is 0 Å². The highest BCUT2D eigenvalue weighted by molar-refractivity contribution is 5.71. The molecule has 2 rings (SSSR count). The molecule has 1 aromatic heterocycles. The summed E-state index contributed by atoms with van der Waals surface area (Å²) in [6.45, 7) is 4.28. The van der Waals surface area contributed by atoms with Crippen molar-refractivity contribution in [3.63, 3.8) is 0 Å². The first-order chi connectivity index (χ1) is 9.59. The van der Waals surface area contributed by atoms with Crippen molar-refractivity contribution in [3.05, 3.63) is 17.6 Å². The maximum atomic E-state index is 11.2. The van der Waals surface area contributed by atoms with E-state index in [1.165, 1.54) is 18.4 Å². The van der Waals surface area contributed by atoms with Crippen molar-refractivity contribution in [1.82, 2.24) is 9.97 Å². The summed E-state index contributed by atoms with van der Waals surface area (Å²) in [6, 6.07) is 0. The van der Waals surface area contributed by atoms with Crippen LogP contribution in [0, 0.1) is 11.8 Å². The number of nitrogens with zero attached hydrogens (tertiary/aromatic N) is 2. The van der Waals surface area contributed by atoms with Crippen LogP contribution < -0.4 is 5.32 Å². The zero-order valence-corrected chi connectivity index (χ0v) is 12.2. The number of aromatic nitrogens is 2. The van der Waals surface area contributed by atoms with E-state index in [1.807, 2.05) is 13.8 Å². The first kappa shape index (κ1) is 14.8. The van der Waals surface area contributed by atoms with Crippen LogP contribution in [-0.2, 0) is 17.6 Å². The Morgan fingerprint density at radius 3 is 2.75 bits per heavy atom. The molecule has 1 aliphatic rings. The molecular formula is C15H23N3O2. The largest absolute Gasteiger partial charge is 0.481 e. The van der Waals surface area contributed by atoms with Crippen LogP contribution in [0.1, 0.15) is 44.4 Å². The molecule has 110 valence electrons. The predicted octanol–water partition coefficient (Wildman–Crippen LogP) is 2.51. The molecule has 1 heterocycles. The van der Waals surface area contributed by atoms with Crippen molar-refractivity contribution in [3.8, 4) is 0 Å². The Bertz CT molecular complexity index is 474. The zero-order valence-electron chi connectivity index (χ0n) is 12.2. The third-order valence-electron chi connectivity index (χ3n) is 3.99. The second-order valence-electron chi connectivity index (χ2n) is 5.78. The van der Waals surface area contributed by atoms with Gasteiger partial charge in [0.05, 0.1) is 5.92 Å². The molecule has 0 aromatic carbocycles. The van der Waals surface area contributed by atoms with E-state index in [0.717, 1.165) is 30.8 Å². The van der Waals surface area contributed by atoms with Crippen LogP contribution in [0.2, 0.25) is 0 Å². The van der Waals surface area contributed by atoms with Crippen molar-refractivity contribution in [1.29, 1.82) is 0 Å². The monoisotopic (exact) mass is 277 g/mol. The van der Waals surface area contributed by atoms with Gasteiger partial charge in [-0.25, -0.2) is 9.97 Å². The highest BCUT2D eigenvalue weighted by Crippen LogP contribution is 2.24. The minimum atomic E-state index is -0.757. The van der Waals surface area contributed by atoms with Crippen molar-refractivity contribution < 1.29 is 9.90 Å². The second-order valence-corrected chi connectivity index (χ2v) is 5.78. The van der Waals surface area contributed by atoms with E-state index in [-0.39, 0.29) is 5.92 Å². The predicted molar refractivity (Wildman–Crippen MR) is 77.7 cm³/mol. The molecule has 0 fully saturated rings. The maximum absolute atomic E-state index is 11.2. The fourth-order valence-corrected chi connectivity index (χ4v) is 2.67. The Morgan fingerprint density at radius 1 is 1.30 bits per heavy atom. The van der Waals surface area contributed by atoms with Crippen molar-refractivity contribution in [2.45, 2.75) is 46.0 Å². The van der Waals surface area contributed by atoms with Gasteiger partial charge in [0, 0.05) is 17.8 Å². The number of fused-ring (bicyclic) bond motifs is 1. The molecule has 1 unspecified atom stereocenters. The van der Waals surface area contributed by atoms with Crippen LogP contribution in [0.3, 0.4) is 0 Å².